The average Bonchev–Trinajstić information content (AvgIpc) is 2.90. The summed E-state index contributed by atoms with van der Waals surface area (Å²) < 4.78 is 25.9. The number of benzene rings is 1. The first kappa shape index (κ1) is 12.6. The molecule has 0 aliphatic carbocycles. The molecule has 0 fully saturated rings. The number of aromatic amines is 1. The van der Waals surface area contributed by atoms with Crippen molar-refractivity contribution >= 4 is 15.7 Å². The van der Waals surface area contributed by atoms with Gasteiger partial charge in [0, 0.05) is 6.20 Å². The van der Waals surface area contributed by atoms with Gasteiger partial charge in [-0.15, -0.1) is 0 Å². The maximum atomic E-state index is 11.8. The molecule has 0 spiro atoms. The number of para-hydroxylation sites is 1. The summed E-state index contributed by atoms with van der Waals surface area (Å²) in [6.07, 6.45) is 3.26. The third kappa shape index (κ3) is 2.69. The number of nitrogens with one attached hydrogen (secondary N) is 3. The Bertz CT molecular complexity index is 608. The van der Waals surface area contributed by atoms with Gasteiger partial charge in [-0.1, -0.05) is 12.1 Å². The van der Waals surface area contributed by atoms with Gasteiger partial charge in [0.05, 0.1) is 24.3 Å². The molecular formula is C11H14N4O2S. The number of hydrogen-bond acceptors (Lipinski definition) is 4. The number of rotatable bonds is 5. The number of sulfonamides is 1. The average molecular weight is 266 g/mol. The van der Waals surface area contributed by atoms with E-state index in [-0.39, 0.29) is 4.90 Å². The second-order valence-corrected chi connectivity index (χ2v) is 5.49. The van der Waals surface area contributed by atoms with Gasteiger partial charge in [-0.2, -0.15) is 0 Å². The Kier molecular flexibility index (Phi) is 3.63. The summed E-state index contributed by atoms with van der Waals surface area (Å²) in [7, 11) is -2.07. The first-order valence-corrected chi connectivity index (χ1v) is 6.85. The normalized spacial score (nSPS) is 11.4. The van der Waals surface area contributed by atoms with Crippen molar-refractivity contribution in [1.29, 1.82) is 0 Å². The number of anilines is 1. The molecule has 2 aromatic rings. The predicted molar refractivity (Wildman–Crippen MR) is 68.6 cm³/mol. The second-order valence-electron chi connectivity index (χ2n) is 3.63. The van der Waals surface area contributed by atoms with Gasteiger partial charge >= 0.3 is 0 Å². The molecule has 0 saturated heterocycles. The molecule has 6 nitrogen and oxygen atoms in total. The van der Waals surface area contributed by atoms with Crippen LogP contribution >= 0.6 is 0 Å². The first-order valence-electron chi connectivity index (χ1n) is 5.37. The zero-order valence-corrected chi connectivity index (χ0v) is 10.7. The molecule has 0 aliphatic rings. The standard InChI is InChI=1S/C11H14N4O2S/c1-12-18(16,17)11-5-3-2-4-10(11)14-7-9-6-13-8-15-9/h2-6,8,12,14H,7H2,1H3,(H,13,15). The molecule has 96 valence electrons. The maximum Gasteiger partial charge on any atom is 0.242 e. The van der Waals surface area contributed by atoms with Crippen LogP contribution in [-0.2, 0) is 16.6 Å². The summed E-state index contributed by atoms with van der Waals surface area (Å²) in [6, 6.07) is 6.75. The highest BCUT2D eigenvalue weighted by Gasteiger charge is 2.15. The molecule has 0 saturated carbocycles. The summed E-state index contributed by atoms with van der Waals surface area (Å²) in [5, 5.41) is 3.07. The zero-order chi connectivity index (χ0) is 13.0. The maximum absolute atomic E-state index is 11.8. The highest BCUT2D eigenvalue weighted by molar-refractivity contribution is 7.89. The van der Waals surface area contributed by atoms with Crippen molar-refractivity contribution < 1.29 is 8.42 Å². The highest BCUT2D eigenvalue weighted by atomic mass is 32.2. The lowest BCUT2D eigenvalue weighted by Gasteiger charge is -2.11. The highest BCUT2D eigenvalue weighted by Crippen LogP contribution is 2.20. The van der Waals surface area contributed by atoms with E-state index in [1.54, 1.807) is 36.8 Å². The molecule has 18 heavy (non-hydrogen) atoms. The summed E-state index contributed by atoms with van der Waals surface area (Å²) >= 11 is 0. The van der Waals surface area contributed by atoms with Gasteiger partial charge in [-0.3, -0.25) is 0 Å². The van der Waals surface area contributed by atoms with E-state index < -0.39 is 10.0 Å². The van der Waals surface area contributed by atoms with Crippen LogP contribution in [0.2, 0.25) is 0 Å². The van der Waals surface area contributed by atoms with Crippen molar-refractivity contribution in [3.05, 3.63) is 42.5 Å². The Morgan fingerprint density at radius 3 is 2.78 bits per heavy atom. The Morgan fingerprint density at radius 2 is 2.11 bits per heavy atom. The van der Waals surface area contributed by atoms with E-state index in [2.05, 4.69) is 20.0 Å². The largest absolute Gasteiger partial charge is 0.378 e. The molecule has 1 heterocycles. The SMILES string of the molecule is CNS(=O)(=O)c1ccccc1NCc1cnc[nH]1. The second kappa shape index (κ2) is 5.19. The van der Waals surface area contributed by atoms with Gasteiger partial charge in [0.15, 0.2) is 0 Å². The van der Waals surface area contributed by atoms with E-state index in [0.29, 0.717) is 12.2 Å². The number of H-pyrrole nitrogens is 1. The summed E-state index contributed by atoms with van der Waals surface area (Å²) in [5.41, 5.74) is 1.44. The molecule has 0 unspecified atom stereocenters. The molecule has 0 bridgehead atoms. The van der Waals surface area contributed by atoms with Crippen LogP contribution < -0.4 is 10.0 Å². The van der Waals surface area contributed by atoms with Gasteiger partial charge in [0.1, 0.15) is 4.90 Å². The molecule has 0 aliphatic heterocycles. The quantitative estimate of drug-likeness (QED) is 0.751. The molecule has 2 rings (SSSR count). The van der Waals surface area contributed by atoms with Crippen molar-refractivity contribution in [1.82, 2.24) is 14.7 Å². The Balaban J connectivity index is 2.23. The van der Waals surface area contributed by atoms with E-state index in [0.717, 1.165) is 5.69 Å². The lowest BCUT2D eigenvalue weighted by Crippen LogP contribution is -2.20. The van der Waals surface area contributed by atoms with Crippen LogP contribution in [0.5, 0.6) is 0 Å². The number of imidazole rings is 1. The fraction of sp³-hybridized carbons (Fsp3) is 0.182. The van der Waals surface area contributed by atoms with Crippen LogP contribution in [0.4, 0.5) is 5.69 Å². The molecular weight excluding hydrogens is 252 g/mol. The summed E-state index contributed by atoms with van der Waals surface area (Å²) in [5.74, 6) is 0. The molecule has 3 N–H and O–H groups in total. The van der Waals surface area contributed by atoms with Crippen LogP contribution in [0.1, 0.15) is 5.69 Å². The number of hydrogen-bond donors (Lipinski definition) is 3. The van der Waals surface area contributed by atoms with Gasteiger partial charge in [0.25, 0.3) is 0 Å². The Morgan fingerprint density at radius 1 is 1.33 bits per heavy atom. The third-order valence-electron chi connectivity index (χ3n) is 2.47. The molecule has 1 aromatic heterocycles. The van der Waals surface area contributed by atoms with Gasteiger partial charge in [0.2, 0.25) is 10.0 Å². The smallest absolute Gasteiger partial charge is 0.242 e. The molecule has 0 amide bonds. The monoisotopic (exact) mass is 266 g/mol. The van der Waals surface area contributed by atoms with E-state index >= 15 is 0 Å². The van der Waals surface area contributed by atoms with E-state index in [1.165, 1.54) is 7.05 Å². The van der Waals surface area contributed by atoms with Crippen LogP contribution in [0.25, 0.3) is 0 Å². The van der Waals surface area contributed by atoms with Crippen molar-refractivity contribution in [2.24, 2.45) is 0 Å². The van der Waals surface area contributed by atoms with Crippen molar-refractivity contribution in [3.8, 4) is 0 Å². The minimum Gasteiger partial charge on any atom is -0.378 e. The first-order chi connectivity index (χ1) is 8.63. The zero-order valence-electron chi connectivity index (χ0n) is 9.84. The molecule has 1 aromatic carbocycles. The minimum absolute atomic E-state index is 0.229. The lowest BCUT2D eigenvalue weighted by atomic mass is 10.3. The predicted octanol–water partition coefficient (Wildman–Crippen LogP) is 0.930. The van der Waals surface area contributed by atoms with Gasteiger partial charge < -0.3 is 10.3 Å². The molecule has 0 atom stereocenters. The van der Waals surface area contributed by atoms with E-state index in [4.69, 9.17) is 0 Å². The van der Waals surface area contributed by atoms with E-state index in [9.17, 15) is 8.42 Å². The van der Waals surface area contributed by atoms with Crippen LogP contribution in [0, 0.1) is 0 Å². The molecule has 7 heteroatoms. The van der Waals surface area contributed by atoms with Crippen LogP contribution in [0.3, 0.4) is 0 Å². The van der Waals surface area contributed by atoms with Gasteiger partial charge in [-0.25, -0.2) is 18.1 Å². The van der Waals surface area contributed by atoms with E-state index in [1.807, 2.05) is 0 Å². The number of aromatic nitrogens is 2. The fourth-order valence-electron chi connectivity index (χ4n) is 1.53. The lowest BCUT2D eigenvalue weighted by molar-refractivity contribution is 0.588. The van der Waals surface area contributed by atoms with Crippen molar-refractivity contribution in [2.45, 2.75) is 11.4 Å². The van der Waals surface area contributed by atoms with Crippen molar-refractivity contribution in [3.63, 3.8) is 0 Å². The summed E-state index contributed by atoms with van der Waals surface area (Å²) in [4.78, 5) is 7.07. The van der Waals surface area contributed by atoms with Crippen LogP contribution in [-0.4, -0.2) is 25.4 Å². The van der Waals surface area contributed by atoms with Crippen molar-refractivity contribution in [2.75, 3.05) is 12.4 Å². The van der Waals surface area contributed by atoms with Crippen LogP contribution in [0.15, 0.2) is 41.7 Å². The third-order valence-corrected chi connectivity index (χ3v) is 3.94. The Hall–Kier alpha value is -1.86. The molecule has 0 radical (unpaired) electrons. The minimum atomic E-state index is -3.46. The fourth-order valence-corrected chi connectivity index (χ4v) is 2.44. The summed E-state index contributed by atoms with van der Waals surface area (Å²) in [6.45, 7) is 0.482. The van der Waals surface area contributed by atoms with Gasteiger partial charge in [-0.05, 0) is 19.2 Å². The number of nitrogens with zero attached hydrogens (tertiary/aromatic N) is 1. The topological polar surface area (TPSA) is 86.9 Å². The Labute approximate surface area is 106 Å².